The summed E-state index contributed by atoms with van der Waals surface area (Å²) in [6.45, 7) is 2.83. The molecule has 4 nitrogen and oxygen atoms in total. The average molecular weight is 280 g/mol. The number of rotatable bonds is 1. The van der Waals surface area contributed by atoms with Crippen LogP contribution in [0.15, 0.2) is 4.52 Å². The first-order valence-corrected chi connectivity index (χ1v) is 4.96. The predicted octanol–water partition coefficient (Wildman–Crippen LogP) is 1.57. The zero-order valence-electron chi connectivity index (χ0n) is 6.66. The van der Waals surface area contributed by atoms with Gasteiger partial charge in [-0.2, -0.15) is 4.98 Å². The van der Waals surface area contributed by atoms with Crippen LogP contribution in [0.25, 0.3) is 0 Å². The Labute approximate surface area is 83.8 Å². The smallest absolute Gasteiger partial charge is 0.233 e. The van der Waals surface area contributed by atoms with Crippen molar-refractivity contribution in [2.24, 2.45) is 0 Å². The molecule has 0 amide bonds. The van der Waals surface area contributed by atoms with Crippen molar-refractivity contribution in [3.63, 3.8) is 0 Å². The number of ether oxygens (including phenoxy) is 1. The van der Waals surface area contributed by atoms with Crippen molar-refractivity contribution in [3.05, 3.63) is 9.72 Å². The number of hydrogen-bond acceptors (Lipinski definition) is 4. The number of halogens is 1. The van der Waals surface area contributed by atoms with Crippen molar-refractivity contribution in [3.8, 4) is 0 Å². The lowest BCUT2D eigenvalue weighted by Crippen LogP contribution is -2.09. The lowest BCUT2D eigenvalue weighted by Gasteiger charge is -2.07. The third-order valence-corrected chi connectivity index (χ3v) is 2.55. The molecule has 1 aromatic rings. The largest absolute Gasteiger partial charge is 0.378 e. The van der Waals surface area contributed by atoms with E-state index in [0.29, 0.717) is 15.6 Å². The molecule has 1 aliphatic heterocycles. The van der Waals surface area contributed by atoms with Crippen molar-refractivity contribution < 1.29 is 9.26 Å². The SMILES string of the molecule is CC1OCCC1c1nc(I)no1. The van der Waals surface area contributed by atoms with Crippen molar-refractivity contribution in [2.75, 3.05) is 6.61 Å². The molecule has 0 bridgehead atoms. The quantitative estimate of drug-likeness (QED) is 0.732. The summed E-state index contributed by atoms with van der Waals surface area (Å²) in [6.07, 6.45) is 1.20. The zero-order chi connectivity index (χ0) is 8.55. The lowest BCUT2D eigenvalue weighted by molar-refractivity contribution is 0.113. The van der Waals surface area contributed by atoms with Crippen LogP contribution >= 0.6 is 22.6 Å². The molecule has 2 heterocycles. The molecule has 2 atom stereocenters. The van der Waals surface area contributed by atoms with E-state index in [9.17, 15) is 0 Å². The summed E-state index contributed by atoms with van der Waals surface area (Å²) < 4.78 is 11.1. The van der Waals surface area contributed by atoms with E-state index in [-0.39, 0.29) is 6.10 Å². The van der Waals surface area contributed by atoms with Crippen LogP contribution in [0.2, 0.25) is 0 Å². The summed E-state index contributed by atoms with van der Waals surface area (Å²) in [5.41, 5.74) is 0. The fourth-order valence-corrected chi connectivity index (χ4v) is 1.76. The second kappa shape index (κ2) is 3.29. The summed E-state index contributed by atoms with van der Waals surface area (Å²) in [5.74, 6) is 1.01. The van der Waals surface area contributed by atoms with Gasteiger partial charge in [-0.15, -0.1) is 0 Å². The monoisotopic (exact) mass is 280 g/mol. The molecule has 0 aromatic carbocycles. The zero-order valence-corrected chi connectivity index (χ0v) is 8.82. The number of hydrogen-bond donors (Lipinski definition) is 0. The van der Waals surface area contributed by atoms with Crippen molar-refractivity contribution in [1.29, 1.82) is 0 Å². The van der Waals surface area contributed by atoms with E-state index in [0.717, 1.165) is 13.0 Å². The highest BCUT2D eigenvalue weighted by atomic mass is 127. The normalized spacial score (nSPS) is 29.5. The van der Waals surface area contributed by atoms with Gasteiger partial charge in [0.15, 0.2) is 0 Å². The van der Waals surface area contributed by atoms with Crippen LogP contribution in [-0.2, 0) is 4.74 Å². The Morgan fingerprint density at radius 1 is 1.58 bits per heavy atom. The number of nitrogens with zero attached hydrogens (tertiary/aromatic N) is 2. The summed E-state index contributed by atoms with van der Waals surface area (Å²) in [6, 6.07) is 0. The number of aromatic nitrogens is 2. The first-order chi connectivity index (χ1) is 5.77. The fourth-order valence-electron chi connectivity index (χ4n) is 1.42. The Balaban J connectivity index is 2.19. The van der Waals surface area contributed by atoms with Crippen LogP contribution < -0.4 is 0 Å². The molecule has 1 fully saturated rings. The van der Waals surface area contributed by atoms with E-state index in [4.69, 9.17) is 9.26 Å². The van der Waals surface area contributed by atoms with Crippen LogP contribution in [0.5, 0.6) is 0 Å². The lowest BCUT2D eigenvalue weighted by atomic mass is 10.0. The van der Waals surface area contributed by atoms with Crippen LogP contribution in [-0.4, -0.2) is 22.9 Å². The molecule has 0 saturated carbocycles. The second-order valence-corrected chi connectivity index (χ2v) is 3.84. The molecule has 2 unspecified atom stereocenters. The van der Waals surface area contributed by atoms with Crippen molar-refractivity contribution in [2.45, 2.75) is 25.4 Å². The molecule has 0 spiro atoms. The first-order valence-electron chi connectivity index (χ1n) is 3.88. The second-order valence-electron chi connectivity index (χ2n) is 2.87. The van der Waals surface area contributed by atoms with Crippen LogP contribution in [0.3, 0.4) is 0 Å². The van der Waals surface area contributed by atoms with Crippen molar-refractivity contribution in [1.82, 2.24) is 10.1 Å². The third kappa shape index (κ3) is 1.47. The Morgan fingerprint density at radius 3 is 2.92 bits per heavy atom. The molecule has 0 aliphatic carbocycles. The molecule has 5 heteroatoms. The molecule has 2 rings (SSSR count). The average Bonchev–Trinajstić information content (AvgIpc) is 2.58. The Hall–Kier alpha value is -0.170. The van der Waals surface area contributed by atoms with Gasteiger partial charge in [-0.25, -0.2) is 0 Å². The minimum Gasteiger partial charge on any atom is -0.378 e. The van der Waals surface area contributed by atoms with E-state index in [1.807, 2.05) is 29.5 Å². The van der Waals surface area contributed by atoms with Gasteiger partial charge >= 0.3 is 0 Å². The third-order valence-electron chi connectivity index (χ3n) is 2.11. The first kappa shape index (κ1) is 8.43. The molecular formula is C7H9IN2O2. The molecule has 0 radical (unpaired) electrons. The summed E-state index contributed by atoms with van der Waals surface area (Å²) in [4.78, 5) is 4.17. The maximum absolute atomic E-state index is 5.40. The minimum absolute atomic E-state index is 0.209. The molecule has 1 aliphatic rings. The van der Waals surface area contributed by atoms with Gasteiger partial charge in [0, 0.05) is 29.2 Å². The van der Waals surface area contributed by atoms with Gasteiger partial charge in [0.1, 0.15) is 0 Å². The van der Waals surface area contributed by atoms with E-state index in [2.05, 4.69) is 10.1 Å². The Morgan fingerprint density at radius 2 is 2.42 bits per heavy atom. The highest BCUT2D eigenvalue weighted by Gasteiger charge is 2.30. The predicted molar refractivity (Wildman–Crippen MR) is 49.8 cm³/mol. The van der Waals surface area contributed by atoms with Gasteiger partial charge in [-0.3, -0.25) is 0 Å². The summed E-state index contributed by atoms with van der Waals surface area (Å²) in [7, 11) is 0. The maximum atomic E-state index is 5.40. The van der Waals surface area contributed by atoms with Crippen LogP contribution in [0.4, 0.5) is 0 Å². The van der Waals surface area contributed by atoms with Crippen LogP contribution in [0.1, 0.15) is 25.2 Å². The Kier molecular flexibility index (Phi) is 2.31. The minimum atomic E-state index is 0.209. The Bertz CT molecular complexity index is 276. The molecule has 0 N–H and O–H groups in total. The van der Waals surface area contributed by atoms with E-state index in [1.54, 1.807) is 0 Å². The summed E-state index contributed by atoms with van der Waals surface area (Å²) >= 11 is 2.04. The fraction of sp³-hybridized carbons (Fsp3) is 0.714. The highest BCUT2D eigenvalue weighted by molar-refractivity contribution is 14.1. The molecular weight excluding hydrogens is 271 g/mol. The van der Waals surface area contributed by atoms with Gasteiger partial charge in [0.25, 0.3) is 0 Å². The standard InChI is InChI=1S/C7H9IN2O2/c1-4-5(2-3-11-4)6-9-7(8)10-12-6/h4-5H,2-3H2,1H3. The van der Waals surface area contributed by atoms with Crippen LogP contribution in [0, 0.1) is 3.83 Å². The van der Waals surface area contributed by atoms with Gasteiger partial charge in [0.2, 0.25) is 9.72 Å². The van der Waals surface area contributed by atoms with Gasteiger partial charge in [-0.05, 0) is 13.3 Å². The molecule has 66 valence electrons. The van der Waals surface area contributed by atoms with E-state index < -0.39 is 0 Å². The van der Waals surface area contributed by atoms with E-state index in [1.165, 1.54) is 0 Å². The maximum Gasteiger partial charge on any atom is 0.233 e. The molecule has 12 heavy (non-hydrogen) atoms. The van der Waals surface area contributed by atoms with Gasteiger partial charge < -0.3 is 9.26 Å². The van der Waals surface area contributed by atoms with Crippen molar-refractivity contribution >= 4 is 22.6 Å². The van der Waals surface area contributed by atoms with Gasteiger partial charge in [-0.1, -0.05) is 5.16 Å². The highest BCUT2D eigenvalue weighted by Crippen LogP contribution is 2.29. The molecule has 1 saturated heterocycles. The summed E-state index contributed by atoms with van der Waals surface area (Å²) in [5, 5.41) is 3.74. The topological polar surface area (TPSA) is 48.2 Å². The molecule has 1 aromatic heterocycles. The van der Waals surface area contributed by atoms with E-state index >= 15 is 0 Å². The van der Waals surface area contributed by atoms with Gasteiger partial charge in [0.05, 0.1) is 12.0 Å².